The first-order valence-electron chi connectivity index (χ1n) is 6.23. The van der Waals surface area contributed by atoms with Gasteiger partial charge in [0.05, 0.1) is 11.0 Å². The number of fused-ring (bicyclic) bond motifs is 1. The first-order valence-corrected chi connectivity index (χ1v) is 7.39. The average Bonchev–Trinajstić information content (AvgIpc) is 2.67. The van der Waals surface area contributed by atoms with Crippen LogP contribution in [0.3, 0.4) is 0 Å². The van der Waals surface area contributed by atoms with E-state index in [1.54, 1.807) is 22.8 Å². The quantitative estimate of drug-likeness (QED) is 0.874. The number of thioether (sulfide) groups is 1. The lowest BCUT2D eigenvalue weighted by Crippen LogP contribution is -2.23. The number of hydrogen-bond donors (Lipinski definition) is 2. The van der Waals surface area contributed by atoms with Crippen molar-refractivity contribution < 1.29 is 5.11 Å². The van der Waals surface area contributed by atoms with E-state index in [0.717, 1.165) is 17.6 Å². The molecule has 0 aliphatic carbocycles. The summed E-state index contributed by atoms with van der Waals surface area (Å²) in [5.74, 6) is 3.15. The van der Waals surface area contributed by atoms with Crippen LogP contribution < -0.4 is 5.69 Å². The predicted octanol–water partition coefficient (Wildman–Crippen LogP) is 2.18. The number of aromatic hydroxyl groups is 1. The third kappa shape index (κ3) is 2.14. The van der Waals surface area contributed by atoms with Gasteiger partial charge in [0.15, 0.2) is 0 Å². The molecule has 1 saturated heterocycles. The van der Waals surface area contributed by atoms with E-state index in [-0.39, 0.29) is 11.4 Å². The number of nitrogens with zero attached hydrogens (tertiary/aromatic N) is 1. The van der Waals surface area contributed by atoms with Gasteiger partial charge in [0, 0.05) is 12.6 Å². The van der Waals surface area contributed by atoms with Crippen molar-refractivity contribution in [3.05, 3.63) is 28.7 Å². The summed E-state index contributed by atoms with van der Waals surface area (Å²) in [6, 6.07) is 5.00. The third-order valence-corrected chi connectivity index (χ3v) is 4.59. The molecular weight excluding hydrogens is 248 g/mol. The molecule has 5 heteroatoms. The Kier molecular flexibility index (Phi) is 3.07. The lowest BCUT2D eigenvalue weighted by molar-refractivity contribution is 0.416. The molecule has 2 N–H and O–H groups in total. The van der Waals surface area contributed by atoms with Gasteiger partial charge in [0.1, 0.15) is 5.75 Å². The summed E-state index contributed by atoms with van der Waals surface area (Å²) in [5, 5.41) is 9.54. The number of phenolic OH excluding ortho intramolecular Hbond substituents is 1. The number of hydrogen-bond acceptors (Lipinski definition) is 3. The van der Waals surface area contributed by atoms with E-state index in [1.165, 1.54) is 24.3 Å². The van der Waals surface area contributed by atoms with Gasteiger partial charge in [-0.2, -0.15) is 11.8 Å². The molecule has 0 spiro atoms. The molecule has 1 aliphatic rings. The molecule has 0 atom stereocenters. The summed E-state index contributed by atoms with van der Waals surface area (Å²) in [5.41, 5.74) is 1.52. The number of H-pyrrole nitrogens is 1. The second-order valence-electron chi connectivity index (χ2n) is 4.80. The van der Waals surface area contributed by atoms with Gasteiger partial charge in [-0.15, -0.1) is 0 Å². The molecule has 0 radical (unpaired) electrons. The van der Waals surface area contributed by atoms with E-state index in [9.17, 15) is 9.90 Å². The lowest BCUT2D eigenvalue weighted by Gasteiger charge is -2.21. The molecule has 1 fully saturated rings. The first kappa shape index (κ1) is 11.7. The average molecular weight is 264 g/mol. The Hall–Kier alpha value is -1.36. The molecule has 0 saturated carbocycles. The van der Waals surface area contributed by atoms with Crippen LogP contribution in [0.2, 0.25) is 0 Å². The van der Waals surface area contributed by atoms with Gasteiger partial charge in [0.25, 0.3) is 0 Å². The second-order valence-corrected chi connectivity index (χ2v) is 6.02. The molecule has 1 aliphatic heterocycles. The van der Waals surface area contributed by atoms with Crippen LogP contribution in [-0.4, -0.2) is 26.2 Å². The van der Waals surface area contributed by atoms with Crippen molar-refractivity contribution >= 4 is 22.8 Å². The van der Waals surface area contributed by atoms with E-state index >= 15 is 0 Å². The van der Waals surface area contributed by atoms with Crippen molar-refractivity contribution in [1.29, 1.82) is 0 Å². The van der Waals surface area contributed by atoms with Gasteiger partial charge in [-0.1, -0.05) is 0 Å². The minimum absolute atomic E-state index is 0.0752. The van der Waals surface area contributed by atoms with Gasteiger partial charge >= 0.3 is 5.69 Å². The van der Waals surface area contributed by atoms with Gasteiger partial charge in [-0.3, -0.25) is 4.57 Å². The van der Waals surface area contributed by atoms with Crippen LogP contribution in [0.5, 0.6) is 5.75 Å². The maximum absolute atomic E-state index is 11.9. The minimum atomic E-state index is -0.0752. The topological polar surface area (TPSA) is 58.0 Å². The van der Waals surface area contributed by atoms with Crippen LogP contribution in [-0.2, 0) is 6.54 Å². The van der Waals surface area contributed by atoms with Crippen LogP contribution in [0.1, 0.15) is 12.8 Å². The Balaban J connectivity index is 1.97. The Morgan fingerprint density at radius 2 is 2.17 bits per heavy atom. The fourth-order valence-electron chi connectivity index (χ4n) is 2.51. The van der Waals surface area contributed by atoms with Crippen molar-refractivity contribution in [1.82, 2.24) is 9.55 Å². The van der Waals surface area contributed by atoms with E-state index in [0.29, 0.717) is 5.92 Å². The normalized spacial score (nSPS) is 17.3. The molecule has 0 unspecified atom stereocenters. The van der Waals surface area contributed by atoms with Crippen LogP contribution in [0.25, 0.3) is 11.0 Å². The number of aromatic amines is 1. The van der Waals surface area contributed by atoms with Crippen molar-refractivity contribution in [2.75, 3.05) is 11.5 Å². The fourth-order valence-corrected chi connectivity index (χ4v) is 3.71. The Bertz CT molecular complexity index is 611. The predicted molar refractivity (Wildman–Crippen MR) is 74.3 cm³/mol. The van der Waals surface area contributed by atoms with Crippen LogP contribution in [0.4, 0.5) is 0 Å². The van der Waals surface area contributed by atoms with Crippen molar-refractivity contribution in [3.63, 3.8) is 0 Å². The summed E-state index contributed by atoms with van der Waals surface area (Å²) in [7, 11) is 0. The lowest BCUT2D eigenvalue weighted by atomic mass is 10.0. The zero-order valence-electron chi connectivity index (χ0n) is 10.1. The number of aromatic nitrogens is 2. The smallest absolute Gasteiger partial charge is 0.326 e. The van der Waals surface area contributed by atoms with E-state index < -0.39 is 0 Å². The summed E-state index contributed by atoms with van der Waals surface area (Å²) >= 11 is 1.99. The largest absolute Gasteiger partial charge is 0.508 e. The van der Waals surface area contributed by atoms with Crippen molar-refractivity contribution in [3.8, 4) is 5.75 Å². The molecule has 0 amide bonds. The van der Waals surface area contributed by atoms with E-state index in [1.807, 2.05) is 11.8 Å². The molecule has 1 aromatic heterocycles. The molecule has 1 aromatic carbocycles. The number of benzene rings is 1. The van der Waals surface area contributed by atoms with Gasteiger partial charge < -0.3 is 10.1 Å². The molecule has 96 valence electrons. The van der Waals surface area contributed by atoms with Crippen LogP contribution in [0.15, 0.2) is 23.0 Å². The third-order valence-electron chi connectivity index (χ3n) is 3.54. The van der Waals surface area contributed by atoms with E-state index in [4.69, 9.17) is 0 Å². The highest BCUT2D eigenvalue weighted by Gasteiger charge is 2.17. The van der Waals surface area contributed by atoms with Gasteiger partial charge in [-0.05, 0) is 42.4 Å². The molecule has 18 heavy (non-hydrogen) atoms. The second kappa shape index (κ2) is 4.72. The number of rotatable bonds is 2. The maximum atomic E-state index is 11.9. The first-order chi connectivity index (χ1) is 8.74. The van der Waals surface area contributed by atoms with Gasteiger partial charge in [-0.25, -0.2) is 4.79 Å². The van der Waals surface area contributed by atoms with Crippen LogP contribution >= 0.6 is 11.8 Å². The highest BCUT2D eigenvalue weighted by atomic mass is 32.2. The standard InChI is InChI=1S/C13H16N2O2S/c16-10-1-2-11-12(7-10)15(13(17)14-11)8-9-3-5-18-6-4-9/h1-2,7,9,16H,3-6,8H2,(H,14,17). The van der Waals surface area contributed by atoms with Crippen LogP contribution in [0, 0.1) is 5.92 Å². The van der Waals surface area contributed by atoms with Gasteiger partial charge in [0.2, 0.25) is 0 Å². The Labute approximate surface area is 109 Å². The molecule has 2 heterocycles. The summed E-state index contributed by atoms with van der Waals surface area (Å²) < 4.78 is 1.76. The molecular formula is C13H16N2O2S. The van der Waals surface area contributed by atoms with E-state index in [2.05, 4.69) is 4.98 Å². The molecule has 2 aromatic rings. The zero-order valence-corrected chi connectivity index (χ0v) is 10.9. The number of nitrogens with one attached hydrogen (secondary N) is 1. The zero-order chi connectivity index (χ0) is 12.5. The Morgan fingerprint density at radius 1 is 1.39 bits per heavy atom. The van der Waals surface area contributed by atoms with Crippen molar-refractivity contribution in [2.24, 2.45) is 5.92 Å². The maximum Gasteiger partial charge on any atom is 0.326 e. The fraction of sp³-hybridized carbons (Fsp3) is 0.462. The summed E-state index contributed by atoms with van der Waals surface area (Å²) in [6.45, 7) is 0.753. The highest BCUT2D eigenvalue weighted by molar-refractivity contribution is 7.99. The SMILES string of the molecule is O=c1[nH]c2ccc(O)cc2n1CC1CCSCC1. The minimum Gasteiger partial charge on any atom is -0.508 e. The van der Waals surface area contributed by atoms with Crippen molar-refractivity contribution in [2.45, 2.75) is 19.4 Å². The summed E-state index contributed by atoms with van der Waals surface area (Å²) in [6.07, 6.45) is 2.34. The molecule has 4 nitrogen and oxygen atoms in total. The number of imidazole rings is 1. The molecule has 0 bridgehead atoms. The molecule has 3 rings (SSSR count). The Morgan fingerprint density at radius 3 is 2.94 bits per heavy atom. The monoisotopic (exact) mass is 264 g/mol. The summed E-state index contributed by atoms with van der Waals surface area (Å²) in [4.78, 5) is 14.8. The highest BCUT2D eigenvalue weighted by Crippen LogP contribution is 2.25. The number of phenols is 1.